The van der Waals surface area contributed by atoms with Crippen LogP contribution in [-0.2, 0) is 0 Å². The number of fused-ring (bicyclic) bond motifs is 1. The molecule has 9 heteroatoms. The third-order valence-corrected chi connectivity index (χ3v) is 5.83. The van der Waals surface area contributed by atoms with Crippen molar-refractivity contribution in [1.82, 2.24) is 4.98 Å². The van der Waals surface area contributed by atoms with Crippen molar-refractivity contribution in [3.8, 4) is 16.3 Å². The van der Waals surface area contributed by atoms with Crippen LogP contribution < -0.4 is 10.1 Å². The summed E-state index contributed by atoms with van der Waals surface area (Å²) < 4.78 is 61.8. The van der Waals surface area contributed by atoms with E-state index < -0.39 is 40.5 Å². The highest BCUT2D eigenvalue weighted by Crippen LogP contribution is 2.35. The summed E-state index contributed by atoms with van der Waals surface area (Å²) in [4.78, 5) is 17.1. The van der Waals surface area contributed by atoms with Crippen molar-refractivity contribution < 1.29 is 27.1 Å². The number of rotatable bonds is 4. The predicted molar refractivity (Wildman–Crippen MR) is 111 cm³/mol. The first kappa shape index (κ1) is 20.8. The zero-order valence-electron chi connectivity index (χ0n) is 16.2. The Labute approximate surface area is 178 Å². The Morgan fingerprint density at radius 3 is 2.29 bits per heavy atom. The maximum atomic E-state index is 14.3. The van der Waals surface area contributed by atoms with Crippen LogP contribution in [0.1, 0.15) is 15.9 Å². The van der Waals surface area contributed by atoms with E-state index in [2.05, 4.69) is 15.0 Å². The van der Waals surface area contributed by atoms with E-state index >= 15 is 0 Å². The number of carbonyl (C=O) groups is 1. The second-order valence-corrected chi connectivity index (χ2v) is 7.61. The molecule has 0 saturated carbocycles. The average molecular weight is 446 g/mol. The summed E-state index contributed by atoms with van der Waals surface area (Å²) in [5.41, 5.74) is 0.930. The minimum atomic E-state index is -1.84. The van der Waals surface area contributed by atoms with Crippen molar-refractivity contribution in [3.63, 3.8) is 0 Å². The molecule has 1 aromatic heterocycles. The molecule has 1 N–H and O–H groups in total. The fraction of sp³-hybridized carbons (Fsp3) is 0.0909. The lowest BCUT2D eigenvalue weighted by Gasteiger charge is -2.14. The molecule has 0 saturated heterocycles. The summed E-state index contributed by atoms with van der Waals surface area (Å²) in [5, 5.41) is 3.02. The van der Waals surface area contributed by atoms with E-state index in [1.807, 2.05) is 24.3 Å². The van der Waals surface area contributed by atoms with Crippen molar-refractivity contribution in [1.29, 1.82) is 0 Å². The number of para-hydroxylation sites is 1. The second-order valence-electron chi connectivity index (χ2n) is 6.58. The van der Waals surface area contributed by atoms with Crippen molar-refractivity contribution in [2.24, 2.45) is 0 Å². The van der Waals surface area contributed by atoms with Crippen molar-refractivity contribution >= 4 is 33.1 Å². The molecule has 4 aromatic rings. The topological polar surface area (TPSA) is 51.2 Å². The molecule has 0 fully saturated rings. The minimum Gasteiger partial charge on any atom is -0.491 e. The van der Waals surface area contributed by atoms with Gasteiger partial charge in [-0.3, -0.25) is 4.79 Å². The van der Waals surface area contributed by atoms with Crippen LogP contribution in [0.3, 0.4) is 0 Å². The van der Waals surface area contributed by atoms with Crippen LogP contribution in [-0.4, -0.2) is 18.0 Å². The van der Waals surface area contributed by atoms with Crippen molar-refractivity contribution in [3.05, 3.63) is 76.9 Å². The van der Waals surface area contributed by atoms with Gasteiger partial charge >= 0.3 is 0 Å². The molecule has 4 rings (SSSR count). The number of benzene rings is 3. The van der Waals surface area contributed by atoms with Crippen molar-refractivity contribution in [2.75, 3.05) is 12.4 Å². The fourth-order valence-electron chi connectivity index (χ4n) is 3.17. The lowest BCUT2D eigenvalue weighted by Crippen LogP contribution is -2.19. The summed E-state index contributed by atoms with van der Waals surface area (Å²) >= 11 is 1.44. The van der Waals surface area contributed by atoms with Gasteiger partial charge in [-0.2, -0.15) is 8.78 Å². The molecule has 1 amide bonds. The highest BCUT2D eigenvalue weighted by atomic mass is 32.1. The number of halogens is 4. The number of carbonyl (C=O) groups excluding carboxylic acids is 1. The lowest BCUT2D eigenvalue weighted by molar-refractivity contribution is 0.101. The first-order valence-corrected chi connectivity index (χ1v) is 9.82. The molecule has 0 atom stereocenters. The zero-order chi connectivity index (χ0) is 22.3. The summed E-state index contributed by atoms with van der Waals surface area (Å²) in [6, 6.07) is 12.5. The first-order chi connectivity index (χ1) is 14.8. The normalized spacial score (nSPS) is 11.0. The van der Waals surface area contributed by atoms with Gasteiger partial charge in [-0.25, -0.2) is 13.8 Å². The standard InChI is InChI=1S/C22H14F4N2O2S/c1-10-11(22-28-13-7-3-4-9-14(13)31-22)6-5-8-12(10)27-21(29)15-16(23)18(25)20(30-2)19(26)17(15)24/h3-9H,1-2H3,(H,27,29). The summed E-state index contributed by atoms with van der Waals surface area (Å²) in [6.07, 6.45) is 0. The highest BCUT2D eigenvalue weighted by molar-refractivity contribution is 7.21. The molecule has 0 aliphatic rings. The molecule has 4 nitrogen and oxygen atoms in total. The maximum absolute atomic E-state index is 14.3. The Kier molecular flexibility index (Phi) is 5.36. The van der Waals surface area contributed by atoms with Gasteiger partial charge in [0.1, 0.15) is 10.6 Å². The number of nitrogens with zero attached hydrogens (tertiary/aromatic N) is 1. The van der Waals surface area contributed by atoms with Crippen molar-refractivity contribution in [2.45, 2.75) is 6.92 Å². The quantitative estimate of drug-likeness (QED) is 0.305. The SMILES string of the molecule is COc1c(F)c(F)c(C(=O)Nc2cccc(-c3nc4ccccc4s3)c2C)c(F)c1F. The van der Waals surface area contributed by atoms with Gasteiger partial charge in [-0.15, -0.1) is 11.3 Å². The number of anilines is 1. The van der Waals surface area contributed by atoms with E-state index in [0.29, 0.717) is 16.1 Å². The zero-order valence-corrected chi connectivity index (χ0v) is 17.0. The second kappa shape index (κ2) is 7.99. The predicted octanol–water partition coefficient (Wildman–Crippen LogP) is 6.09. The molecule has 0 unspecified atom stereocenters. The summed E-state index contributed by atoms with van der Waals surface area (Å²) in [7, 11) is 0.858. The average Bonchev–Trinajstić information content (AvgIpc) is 3.18. The third-order valence-electron chi connectivity index (χ3n) is 4.76. The van der Waals surface area contributed by atoms with E-state index in [4.69, 9.17) is 0 Å². The molecule has 3 aromatic carbocycles. The van der Waals surface area contributed by atoms with Crippen LogP contribution in [0.2, 0.25) is 0 Å². The number of hydrogen-bond acceptors (Lipinski definition) is 4. The van der Waals surface area contributed by atoms with Crippen LogP contribution in [0.15, 0.2) is 42.5 Å². The highest BCUT2D eigenvalue weighted by Gasteiger charge is 2.30. The van der Waals surface area contributed by atoms with Gasteiger partial charge in [-0.05, 0) is 30.7 Å². The van der Waals surface area contributed by atoms with Gasteiger partial charge in [0.2, 0.25) is 11.6 Å². The van der Waals surface area contributed by atoms with E-state index in [1.165, 1.54) is 17.4 Å². The lowest BCUT2D eigenvalue weighted by atomic mass is 10.1. The Balaban J connectivity index is 1.73. The van der Waals surface area contributed by atoms with E-state index in [0.717, 1.165) is 17.3 Å². The first-order valence-electron chi connectivity index (χ1n) is 9.00. The smallest absolute Gasteiger partial charge is 0.261 e. The molecule has 158 valence electrons. The number of thiazole rings is 1. The Morgan fingerprint density at radius 1 is 0.968 bits per heavy atom. The van der Waals surface area contributed by atoms with Crippen LogP contribution in [0, 0.1) is 30.2 Å². The summed E-state index contributed by atoms with van der Waals surface area (Å²) in [6.45, 7) is 1.69. The fourth-order valence-corrected chi connectivity index (χ4v) is 4.21. The minimum absolute atomic E-state index is 0.220. The van der Waals surface area contributed by atoms with Crippen LogP contribution in [0.4, 0.5) is 23.2 Å². The van der Waals surface area contributed by atoms with E-state index in [-0.39, 0.29) is 5.69 Å². The molecular formula is C22H14F4N2O2S. The van der Waals surface area contributed by atoms with Crippen LogP contribution in [0.25, 0.3) is 20.8 Å². The number of aromatic nitrogens is 1. The molecular weight excluding hydrogens is 432 g/mol. The number of amides is 1. The molecule has 0 radical (unpaired) electrons. The number of ether oxygens (including phenoxy) is 1. The molecule has 0 aliphatic heterocycles. The van der Waals surface area contributed by atoms with Crippen LogP contribution in [0.5, 0.6) is 5.75 Å². The molecule has 0 bridgehead atoms. The number of hydrogen-bond donors (Lipinski definition) is 1. The Bertz CT molecular complexity index is 1270. The molecule has 0 spiro atoms. The Morgan fingerprint density at radius 2 is 1.65 bits per heavy atom. The molecule has 0 aliphatic carbocycles. The van der Waals surface area contributed by atoms with Gasteiger partial charge in [0.15, 0.2) is 17.4 Å². The molecule has 31 heavy (non-hydrogen) atoms. The van der Waals surface area contributed by atoms with Gasteiger partial charge in [0.25, 0.3) is 5.91 Å². The summed E-state index contributed by atoms with van der Waals surface area (Å²) in [5.74, 6) is -9.82. The van der Waals surface area contributed by atoms with Gasteiger partial charge in [0, 0.05) is 11.3 Å². The largest absolute Gasteiger partial charge is 0.491 e. The van der Waals surface area contributed by atoms with Gasteiger partial charge < -0.3 is 10.1 Å². The third kappa shape index (κ3) is 3.50. The Hall–Kier alpha value is -3.46. The maximum Gasteiger partial charge on any atom is 0.261 e. The van der Waals surface area contributed by atoms with Crippen LogP contribution >= 0.6 is 11.3 Å². The van der Waals surface area contributed by atoms with E-state index in [1.54, 1.807) is 19.1 Å². The van der Waals surface area contributed by atoms with E-state index in [9.17, 15) is 22.4 Å². The van der Waals surface area contributed by atoms with Gasteiger partial charge in [-0.1, -0.05) is 24.3 Å². The number of nitrogens with one attached hydrogen (secondary N) is 1. The van der Waals surface area contributed by atoms with Gasteiger partial charge in [0.05, 0.1) is 17.3 Å². The monoisotopic (exact) mass is 446 g/mol. The molecule has 1 heterocycles. The number of methoxy groups -OCH3 is 1.